The molecule has 2 amide bonds. The van der Waals surface area contributed by atoms with Crippen molar-refractivity contribution in [2.45, 2.75) is 65.0 Å². The van der Waals surface area contributed by atoms with Crippen molar-refractivity contribution in [1.29, 1.82) is 0 Å². The minimum Gasteiger partial charge on any atom is -0.493 e. The number of ether oxygens (including phenoxy) is 2. The zero-order valence-electron chi connectivity index (χ0n) is 23.6. The largest absolute Gasteiger partial charge is 0.493 e. The molecule has 1 fully saturated rings. The molecular formula is C32H40N2O5. The molecule has 1 saturated carbocycles. The van der Waals surface area contributed by atoms with Crippen LogP contribution in [0.5, 0.6) is 11.5 Å². The molecule has 1 aromatic heterocycles. The van der Waals surface area contributed by atoms with Gasteiger partial charge in [0, 0.05) is 18.2 Å². The third-order valence-electron chi connectivity index (χ3n) is 7.49. The molecule has 0 aliphatic heterocycles. The van der Waals surface area contributed by atoms with Crippen molar-refractivity contribution in [2.24, 2.45) is 0 Å². The molecule has 0 N–H and O–H groups in total. The topological polar surface area (TPSA) is 72.2 Å². The summed E-state index contributed by atoms with van der Waals surface area (Å²) in [6.07, 6.45) is 5.80. The summed E-state index contributed by atoms with van der Waals surface area (Å²) in [5, 5.41) is 0. The zero-order chi connectivity index (χ0) is 27.8. The highest BCUT2D eigenvalue weighted by Crippen LogP contribution is 2.28. The Morgan fingerprint density at radius 3 is 2.26 bits per heavy atom. The Labute approximate surface area is 231 Å². The van der Waals surface area contributed by atoms with Gasteiger partial charge in [-0.15, -0.1) is 0 Å². The molecule has 0 bridgehead atoms. The average molecular weight is 533 g/mol. The first-order chi connectivity index (χ1) is 18.9. The second kappa shape index (κ2) is 13.4. The van der Waals surface area contributed by atoms with E-state index in [2.05, 4.69) is 0 Å². The Morgan fingerprint density at radius 1 is 0.897 bits per heavy atom. The van der Waals surface area contributed by atoms with Crippen LogP contribution in [0.15, 0.2) is 59.0 Å². The van der Waals surface area contributed by atoms with Crippen molar-refractivity contribution in [3.05, 3.63) is 82.8 Å². The van der Waals surface area contributed by atoms with Gasteiger partial charge in [0.1, 0.15) is 18.1 Å². The maximum Gasteiger partial charge on any atom is 0.254 e. The number of methoxy groups -OCH3 is 2. The summed E-state index contributed by atoms with van der Waals surface area (Å²) in [4.78, 5) is 31.2. The van der Waals surface area contributed by atoms with Gasteiger partial charge in [-0.05, 0) is 75.1 Å². The third-order valence-corrected chi connectivity index (χ3v) is 7.49. The molecule has 2 aromatic carbocycles. The number of rotatable bonds is 11. The molecule has 1 aliphatic rings. The summed E-state index contributed by atoms with van der Waals surface area (Å²) in [5.74, 6) is 2.68. The van der Waals surface area contributed by atoms with E-state index < -0.39 is 0 Å². The second-order valence-electron chi connectivity index (χ2n) is 10.4. The summed E-state index contributed by atoms with van der Waals surface area (Å²) < 4.78 is 16.6. The third kappa shape index (κ3) is 7.43. The van der Waals surface area contributed by atoms with Crippen molar-refractivity contribution < 1.29 is 23.5 Å². The summed E-state index contributed by atoms with van der Waals surface area (Å²) in [7, 11) is 3.22. The average Bonchev–Trinajstić information content (AvgIpc) is 3.38. The van der Waals surface area contributed by atoms with E-state index in [-0.39, 0.29) is 24.4 Å². The Kier molecular flexibility index (Phi) is 9.69. The highest BCUT2D eigenvalue weighted by Gasteiger charge is 2.30. The second-order valence-corrected chi connectivity index (χ2v) is 10.4. The monoisotopic (exact) mass is 532 g/mol. The van der Waals surface area contributed by atoms with Gasteiger partial charge in [-0.2, -0.15) is 0 Å². The summed E-state index contributed by atoms with van der Waals surface area (Å²) in [6, 6.07) is 17.3. The smallest absolute Gasteiger partial charge is 0.254 e. The fourth-order valence-electron chi connectivity index (χ4n) is 5.22. The Hall–Kier alpha value is -3.74. The van der Waals surface area contributed by atoms with Crippen LogP contribution in [0, 0.1) is 13.8 Å². The lowest BCUT2D eigenvalue weighted by molar-refractivity contribution is -0.133. The highest BCUT2D eigenvalue weighted by atomic mass is 16.5. The molecule has 1 aliphatic carbocycles. The van der Waals surface area contributed by atoms with Crippen LogP contribution in [0.25, 0.3) is 0 Å². The molecule has 0 atom stereocenters. The molecule has 0 radical (unpaired) electrons. The van der Waals surface area contributed by atoms with Crippen molar-refractivity contribution >= 4 is 11.8 Å². The van der Waals surface area contributed by atoms with E-state index in [1.807, 2.05) is 73.3 Å². The number of nitrogens with zero attached hydrogens (tertiary/aromatic N) is 2. The van der Waals surface area contributed by atoms with Gasteiger partial charge in [0.25, 0.3) is 5.91 Å². The minimum atomic E-state index is -0.0874. The lowest BCUT2D eigenvalue weighted by Gasteiger charge is -2.35. The number of carbonyl (C=O) groups is 2. The summed E-state index contributed by atoms with van der Waals surface area (Å²) >= 11 is 0. The maximum atomic E-state index is 13.9. The lowest BCUT2D eigenvalue weighted by atomic mass is 9.93. The van der Waals surface area contributed by atoms with Crippen LogP contribution >= 0.6 is 0 Å². The number of amides is 2. The van der Waals surface area contributed by atoms with E-state index in [1.54, 1.807) is 19.1 Å². The van der Waals surface area contributed by atoms with E-state index in [0.717, 1.165) is 48.3 Å². The van der Waals surface area contributed by atoms with Gasteiger partial charge >= 0.3 is 0 Å². The van der Waals surface area contributed by atoms with E-state index >= 15 is 0 Å². The van der Waals surface area contributed by atoms with Gasteiger partial charge in [0.2, 0.25) is 5.91 Å². The Balaban J connectivity index is 1.55. The van der Waals surface area contributed by atoms with Gasteiger partial charge in [-0.1, -0.05) is 43.0 Å². The number of furan rings is 1. The minimum absolute atomic E-state index is 0.0446. The van der Waals surface area contributed by atoms with E-state index in [9.17, 15) is 9.59 Å². The molecule has 0 spiro atoms. The van der Waals surface area contributed by atoms with E-state index in [4.69, 9.17) is 13.9 Å². The van der Waals surface area contributed by atoms with Crippen LogP contribution in [0.1, 0.15) is 65.1 Å². The molecule has 0 saturated heterocycles. The summed E-state index contributed by atoms with van der Waals surface area (Å²) in [5.41, 5.74) is 2.75. The number of aryl methyl sites for hydroxylation is 2. The molecule has 39 heavy (non-hydrogen) atoms. The zero-order valence-corrected chi connectivity index (χ0v) is 23.6. The number of hydrogen-bond donors (Lipinski definition) is 0. The standard InChI is InChI=1S/C32H40N2O5/c1-23-10-14-26(15-11-23)32(36)34(27-8-6-5-7-9-27)22-31(35)33(21-28-16-12-24(2)39-28)19-18-25-13-17-29(37-3)30(20-25)38-4/h10-17,20,27H,5-9,18-19,21-22H2,1-4H3. The van der Waals surface area contributed by atoms with Crippen molar-refractivity contribution in [2.75, 3.05) is 27.3 Å². The van der Waals surface area contributed by atoms with Gasteiger partial charge in [0.05, 0.1) is 20.8 Å². The van der Waals surface area contributed by atoms with Crippen LogP contribution in [-0.4, -0.2) is 55.0 Å². The van der Waals surface area contributed by atoms with Crippen LogP contribution in [0.4, 0.5) is 0 Å². The Bertz CT molecular complexity index is 1240. The van der Waals surface area contributed by atoms with E-state index in [0.29, 0.717) is 36.6 Å². The number of hydrogen-bond acceptors (Lipinski definition) is 5. The van der Waals surface area contributed by atoms with E-state index in [1.165, 1.54) is 6.42 Å². The molecule has 4 rings (SSSR count). The first kappa shape index (κ1) is 28.3. The molecule has 1 heterocycles. The molecular weight excluding hydrogens is 492 g/mol. The number of benzene rings is 2. The van der Waals surface area contributed by atoms with Crippen LogP contribution < -0.4 is 9.47 Å². The normalized spacial score (nSPS) is 13.6. The molecule has 7 nitrogen and oxygen atoms in total. The molecule has 208 valence electrons. The highest BCUT2D eigenvalue weighted by molar-refractivity contribution is 5.96. The predicted molar refractivity (Wildman–Crippen MR) is 151 cm³/mol. The maximum absolute atomic E-state index is 13.9. The van der Waals surface area contributed by atoms with Crippen LogP contribution in [0.3, 0.4) is 0 Å². The quantitative estimate of drug-likeness (QED) is 0.305. The molecule has 0 unspecified atom stereocenters. The van der Waals surface area contributed by atoms with Crippen LogP contribution in [-0.2, 0) is 17.8 Å². The van der Waals surface area contributed by atoms with Crippen molar-refractivity contribution in [3.8, 4) is 11.5 Å². The van der Waals surface area contributed by atoms with Crippen molar-refractivity contribution in [1.82, 2.24) is 9.80 Å². The van der Waals surface area contributed by atoms with Gasteiger partial charge < -0.3 is 23.7 Å². The van der Waals surface area contributed by atoms with Gasteiger partial charge in [0.15, 0.2) is 11.5 Å². The van der Waals surface area contributed by atoms with Crippen molar-refractivity contribution in [3.63, 3.8) is 0 Å². The first-order valence-corrected chi connectivity index (χ1v) is 13.8. The fourth-order valence-corrected chi connectivity index (χ4v) is 5.22. The molecule has 7 heteroatoms. The fraction of sp³-hybridized carbons (Fsp3) is 0.438. The van der Waals surface area contributed by atoms with Gasteiger partial charge in [-0.3, -0.25) is 9.59 Å². The first-order valence-electron chi connectivity index (χ1n) is 13.8. The lowest BCUT2D eigenvalue weighted by Crippen LogP contribution is -2.48. The van der Waals surface area contributed by atoms with Crippen LogP contribution in [0.2, 0.25) is 0 Å². The number of carbonyl (C=O) groups excluding carboxylic acids is 2. The molecule has 3 aromatic rings. The SMILES string of the molecule is COc1ccc(CCN(Cc2ccc(C)o2)C(=O)CN(C(=O)c2ccc(C)cc2)C2CCCCC2)cc1OC. The Morgan fingerprint density at radius 2 is 1.62 bits per heavy atom. The van der Waals surface area contributed by atoms with Gasteiger partial charge in [-0.25, -0.2) is 0 Å². The summed E-state index contributed by atoms with van der Waals surface area (Å²) in [6.45, 7) is 4.76. The predicted octanol–water partition coefficient (Wildman–Crippen LogP) is 5.96.